The summed E-state index contributed by atoms with van der Waals surface area (Å²) in [4.78, 5) is 17.0. The first kappa shape index (κ1) is 19.5. The monoisotopic (exact) mass is 430 g/mol. The maximum Gasteiger partial charge on any atom is 0.255 e. The van der Waals surface area contributed by atoms with Crippen molar-refractivity contribution in [1.29, 1.82) is 0 Å². The Bertz CT molecular complexity index is 1310. The second-order valence-electron chi connectivity index (χ2n) is 6.93. The Hall–Kier alpha value is -2.78. The maximum absolute atomic E-state index is 12.8. The molecular weight excluding hydrogens is 412 g/mol. The molecule has 9 heteroatoms. The van der Waals surface area contributed by atoms with E-state index >= 15 is 0 Å². The number of pyridine rings is 1. The van der Waals surface area contributed by atoms with Gasteiger partial charge in [-0.05, 0) is 36.8 Å². The van der Waals surface area contributed by atoms with Crippen LogP contribution in [0.3, 0.4) is 0 Å². The van der Waals surface area contributed by atoms with Crippen molar-refractivity contribution in [2.45, 2.75) is 16.6 Å². The topological polar surface area (TPSA) is 110 Å². The van der Waals surface area contributed by atoms with E-state index in [0.717, 1.165) is 5.39 Å². The van der Waals surface area contributed by atoms with Crippen LogP contribution in [0.4, 0.5) is 5.69 Å². The number of nitrogens with one attached hydrogen (secondary N) is 1. The molecule has 0 saturated carbocycles. The van der Waals surface area contributed by atoms with Gasteiger partial charge in [-0.3, -0.25) is 9.78 Å². The van der Waals surface area contributed by atoms with Crippen LogP contribution in [0.25, 0.3) is 10.9 Å². The Labute approximate surface area is 168 Å². The van der Waals surface area contributed by atoms with Crippen molar-refractivity contribution in [3.63, 3.8) is 0 Å². The van der Waals surface area contributed by atoms with Gasteiger partial charge in [0.1, 0.15) is 0 Å². The molecule has 2 aromatic carbocycles. The molecule has 1 aliphatic heterocycles. The third-order valence-corrected chi connectivity index (χ3v) is 9.11. The first-order valence-electron chi connectivity index (χ1n) is 8.96. The molecule has 1 aliphatic rings. The van der Waals surface area contributed by atoms with E-state index in [4.69, 9.17) is 0 Å². The van der Waals surface area contributed by atoms with Crippen molar-refractivity contribution in [3.05, 3.63) is 66.4 Å². The summed E-state index contributed by atoms with van der Waals surface area (Å²) in [6, 6.07) is 14.7. The lowest BCUT2D eigenvalue weighted by atomic mass is 10.1. The van der Waals surface area contributed by atoms with Crippen LogP contribution in [0, 0.1) is 0 Å². The van der Waals surface area contributed by atoms with E-state index in [9.17, 15) is 21.6 Å². The molecule has 1 amide bonds. The van der Waals surface area contributed by atoms with Crippen LogP contribution < -0.4 is 5.32 Å². The highest BCUT2D eigenvalue weighted by Crippen LogP contribution is 2.26. The fourth-order valence-electron chi connectivity index (χ4n) is 3.41. The van der Waals surface area contributed by atoms with Crippen LogP contribution in [0.15, 0.2) is 65.7 Å². The fourth-order valence-corrected chi connectivity index (χ4v) is 7.82. The van der Waals surface area contributed by atoms with E-state index < -0.39 is 30.8 Å². The Morgan fingerprint density at radius 2 is 1.83 bits per heavy atom. The Balaban J connectivity index is 1.62. The van der Waals surface area contributed by atoms with E-state index in [1.807, 2.05) is 12.1 Å². The number of carbonyl (C=O) groups excluding carboxylic acids is 1. The van der Waals surface area contributed by atoms with Crippen LogP contribution in [0.2, 0.25) is 0 Å². The van der Waals surface area contributed by atoms with Gasteiger partial charge in [-0.2, -0.15) is 0 Å². The quantitative estimate of drug-likeness (QED) is 0.681. The van der Waals surface area contributed by atoms with E-state index in [0.29, 0.717) is 11.2 Å². The Morgan fingerprint density at radius 1 is 1.07 bits per heavy atom. The van der Waals surface area contributed by atoms with Gasteiger partial charge < -0.3 is 5.32 Å². The highest BCUT2D eigenvalue weighted by atomic mass is 32.2. The van der Waals surface area contributed by atoms with Gasteiger partial charge in [-0.25, -0.2) is 16.8 Å². The smallest absolute Gasteiger partial charge is 0.255 e. The average Bonchev–Trinajstić information content (AvgIpc) is 3.09. The van der Waals surface area contributed by atoms with Crippen molar-refractivity contribution in [3.8, 4) is 0 Å². The molecule has 150 valence electrons. The van der Waals surface area contributed by atoms with Gasteiger partial charge >= 0.3 is 0 Å². The molecule has 1 atom stereocenters. The summed E-state index contributed by atoms with van der Waals surface area (Å²) in [5, 5.41) is 2.66. The normalized spacial score (nSPS) is 18.6. The lowest BCUT2D eigenvalue weighted by Crippen LogP contribution is -2.23. The lowest BCUT2D eigenvalue weighted by Gasteiger charge is -2.12. The standard InChI is InChI=1S/C20H18N2O5S2/c23-20(22-18-8-2-4-14-6-3-10-21-19(14)18)15-5-1-7-16(12-15)29(26,27)17-9-11-28(24,25)13-17/h1-8,10,12,17H,9,11,13H2,(H,22,23)/t17-/m0/s1. The average molecular weight is 431 g/mol. The molecule has 0 spiro atoms. The number of rotatable bonds is 4. The molecule has 4 rings (SSSR count). The van der Waals surface area contributed by atoms with Crippen molar-refractivity contribution >= 4 is 42.2 Å². The molecule has 1 fully saturated rings. The second-order valence-corrected chi connectivity index (χ2v) is 11.4. The van der Waals surface area contributed by atoms with Crippen LogP contribution >= 0.6 is 0 Å². The van der Waals surface area contributed by atoms with Crippen LogP contribution in [-0.4, -0.2) is 44.5 Å². The predicted octanol–water partition coefficient (Wildman–Crippen LogP) is 2.45. The minimum Gasteiger partial charge on any atom is -0.320 e. The van der Waals surface area contributed by atoms with E-state index in [2.05, 4.69) is 10.3 Å². The maximum atomic E-state index is 12.8. The number of amides is 1. The van der Waals surface area contributed by atoms with E-state index in [-0.39, 0.29) is 28.4 Å². The molecule has 2 heterocycles. The van der Waals surface area contributed by atoms with Gasteiger partial charge in [-0.15, -0.1) is 0 Å². The summed E-state index contributed by atoms with van der Waals surface area (Å²) in [5.74, 6) is -0.988. The zero-order chi connectivity index (χ0) is 20.6. The molecule has 29 heavy (non-hydrogen) atoms. The second kappa shape index (κ2) is 7.23. The number of carbonyl (C=O) groups is 1. The van der Waals surface area contributed by atoms with Gasteiger partial charge in [0, 0.05) is 17.1 Å². The number of fused-ring (bicyclic) bond motifs is 1. The summed E-state index contributed by atoms with van der Waals surface area (Å²) in [6.07, 6.45) is 1.70. The number of hydrogen-bond acceptors (Lipinski definition) is 6. The van der Waals surface area contributed by atoms with E-state index in [1.54, 1.807) is 24.4 Å². The van der Waals surface area contributed by atoms with Crippen LogP contribution in [0.5, 0.6) is 0 Å². The number of para-hydroxylation sites is 1. The van der Waals surface area contributed by atoms with Gasteiger partial charge in [0.15, 0.2) is 19.7 Å². The molecular formula is C20H18N2O5S2. The Morgan fingerprint density at radius 3 is 2.59 bits per heavy atom. The number of sulfone groups is 2. The number of nitrogens with zero attached hydrogens (tertiary/aromatic N) is 1. The summed E-state index contributed by atoms with van der Waals surface area (Å²) in [5.41, 5.74) is 1.31. The molecule has 3 aromatic rings. The lowest BCUT2D eigenvalue weighted by molar-refractivity contribution is 0.102. The SMILES string of the molecule is O=C(Nc1cccc2cccnc12)c1cccc(S(=O)(=O)[C@H]2CCS(=O)(=O)C2)c1. The summed E-state index contributed by atoms with van der Waals surface area (Å²) in [6.45, 7) is 0. The molecule has 1 saturated heterocycles. The number of hydrogen-bond donors (Lipinski definition) is 1. The zero-order valence-corrected chi connectivity index (χ0v) is 16.9. The van der Waals surface area contributed by atoms with Crippen molar-refractivity contribution in [2.24, 2.45) is 0 Å². The van der Waals surface area contributed by atoms with Crippen molar-refractivity contribution < 1.29 is 21.6 Å². The number of benzene rings is 2. The zero-order valence-electron chi connectivity index (χ0n) is 15.3. The van der Waals surface area contributed by atoms with Crippen LogP contribution in [0.1, 0.15) is 16.8 Å². The molecule has 0 unspecified atom stereocenters. The van der Waals surface area contributed by atoms with Gasteiger partial charge in [0.25, 0.3) is 5.91 Å². The summed E-state index contributed by atoms with van der Waals surface area (Å²) >= 11 is 0. The van der Waals surface area contributed by atoms with Gasteiger partial charge in [-0.1, -0.05) is 24.3 Å². The summed E-state index contributed by atoms with van der Waals surface area (Å²) < 4.78 is 49.0. The molecule has 0 radical (unpaired) electrons. The first-order chi connectivity index (χ1) is 13.8. The molecule has 1 N–H and O–H groups in total. The summed E-state index contributed by atoms with van der Waals surface area (Å²) in [7, 11) is -7.18. The van der Waals surface area contributed by atoms with Crippen LogP contribution in [-0.2, 0) is 19.7 Å². The molecule has 0 aliphatic carbocycles. The largest absolute Gasteiger partial charge is 0.320 e. The number of anilines is 1. The van der Waals surface area contributed by atoms with Crippen molar-refractivity contribution in [2.75, 3.05) is 16.8 Å². The third kappa shape index (κ3) is 3.88. The van der Waals surface area contributed by atoms with Gasteiger partial charge in [0.2, 0.25) is 0 Å². The fraction of sp³-hybridized carbons (Fsp3) is 0.200. The Kier molecular flexibility index (Phi) is 4.87. The highest BCUT2D eigenvalue weighted by molar-refractivity contribution is 7.96. The highest BCUT2D eigenvalue weighted by Gasteiger charge is 2.38. The van der Waals surface area contributed by atoms with Crippen molar-refractivity contribution in [1.82, 2.24) is 4.98 Å². The number of aromatic nitrogens is 1. The van der Waals surface area contributed by atoms with Gasteiger partial charge in [0.05, 0.1) is 32.9 Å². The van der Waals surface area contributed by atoms with E-state index in [1.165, 1.54) is 24.3 Å². The predicted molar refractivity (Wildman–Crippen MR) is 110 cm³/mol. The molecule has 0 bridgehead atoms. The minimum atomic E-state index is -3.84. The minimum absolute atomic E-state index is 0.0525. The molecule has 1 aromatic heterocycles. The third-order valence-electron chi connectivity index (χ3n) is 4.94. The first-order valence-corrected chi connectivity index (χ1v) is 12.3. The molecule has 7 nitrogen and oxygen atoms in total.